The van der Waals surface area contributed by atoms with E-state index in [2.05, 4.69) is 25.2 Å². The van der Waals surface area contributed by atoms with Crippen LogP contribution in [0.4, 0.5) is 17.3 Å². The molecular formula is C21H23N5O2. The van der Waals surface area contributed by atoms with E-state index >= 15 is 0 Å². The molecule has 0 fully saturated rings. The number of rotatable bonds is 7. The number of likely N-dealkylation sites (N-methyl/N-ethyl adjacent to an activating group) is 1. The molecule has 0 saturated heterocycles. The monoisotopic (exact) mass is 377 g/mol. The molecule has 0 bridgehead atoms. The van der Waals surface area contributed by atoms with Gasteiger partial charge in [-0.2, -0.15) is 0 Å². The van der Waals surface area contributed by atoms with Gasteiger partial charge in [-0.1, -0.05) is 0 Å². The number of nitrogens with one attached hydrogen (secondary N) is 1. The highest BCUT2D eigenvalue weighted by Gasteiger charge is 2.09. The number of carbonyl (C=O) groups is 1. The Morgan fingerprint density at radius 1 is 1.11 bits per heavy atom. The van der Waals surface area contributed by atoms with Crippen LogP contribution in [-0.2, 0) is 11.2 Å². The van der Waals surface area contributed by atoms with Gasteiger partial charge in [-0.05, 0) is 55.3 Å². The molecule has 0 spiro atoms. The largest absolute Gasteiger partial charge is 0.465 e. The molecule has 144 valence electrons. The van der Waals surface area contributed by atoms with E-state index in [0.29, 0.717) is 17.2 Å². The second kappa shape index (κ2) is 8.94. The molecule has 0 aliphatic heterocycles. The Kier molecular flexibility index (Phi) is 6.16. The minimum Gasteiger partial charge on any atom is -0.465 e. The molecule has 3 aromatic rings. The Hall–Kier alpha value is -3.48. The van der Waals surface area contributed by atoms with Crippen LogP contribution >= 0.6 is 0 Å². The van der Waals surface area contributed by atoms with Gasteiger partial charge in [-0.3, -0.25) is 4.98 Å². The molecule has 7 nitrogen and oxygen atoms in total. The predicted octanol–water partition coefficient (Wildman–Crippen LogP) is 3.39. The summed E-state index contributed by atoms with van der Waals surface area (Å²) in [5, 5.41) is 3.26. The molecule has 0 aliphatic rings. The van der Waals surface area contributed by atoms with Crippen molar-refractivity contribution in [3.63, 3.8) is 0 Å². The summed E-state index contributed by atoms with van der Waals surface area (Å²) in [7, 11) is 3.38. The number of aromatic nitrogens is 3. The molecule has 7 heteroatoms. The molecule has 0 unspecified atom stereocenters. The van der Waals surface area contributed by atoms with Crippen molar-refractivity contribution in [2.45, 2.75) is 13.3 Å². The lowest BCUT2D eigenvalue weighted by Gasteiger charge is -2.19. The Morgan fingerprint density at radius 3 is 2.50 bits per heavy atom. The zero-order valence-corrected chi connectivity index (χ0v) is 16.2. The highest BCUT2D eigenvalue weighted by molar-refractivity contribution is 5.89. The summed E-state index contributed by atoms with van der Waals surface area (Å²) < 4.78 is 4.72. The van der Waals surface area contributed by atoms with Gasteiger partial charge in [0.05, 0.1) is 12.7 Å². The normalized spacial score (nSPS) is 10.4. The van der Waals surface area contributed by atoms with E-state index in [1.807, 2.05) is 44.3 Å². The number of nitrogens with zero attached hydrogens (tertiary/aromatic N) is 4. The quantitative estimate of drug-likeness (QED) is 0.632. The van der Waals surface area contributed by atoms with Gasteiger partial charge in [-0.15, -0.1) is 0 Å². The van der Waals surface area contributed by atoms with Crippen LogP contribution in [0, 0.1) is 6.92 Å². The summed E-state index contributed by atoms with van der Waals surface area (Å²) in [5.41, 5.74) is 2.57. The maximum absolute atomic E-state index is 11.5. The van der Waals surface area contributed by atoms with Crippen molar-refractivity contribution >= 4 is 23.3 Å². The summed E-state index contributed by atoms with van der Waals surface area (Å²) >= 11 is 0. The molecule has 0 amide bonds. The number of esters is 1. The van der Waals surface area contributed by atoms with Crippen LogP contribution in [0.15, 0.2) is 54.9 Å². The SMILES string of the molecule is COC(=O)c1ccc(Nc2cc(N(C)CCc3ccncc3)nc(C)n2)cc1. The topological polar surface area (TPSA) is 80.2 Å². The number of hydrogen-bond acceptors (Lipinski definition) is 7. The lowest BCUT2D eigenvalue weighted by atomic mass is 10.2. The van der Waals surface area contributed by atoms with E-state index in [9.17, 15) is 4.79 Å². The van der Waals surface area contributed by atoms with E-state index in [1.165, 1.54) is 12.7 Å². The number of hydrogen-bond donors (Lipinski definition) is 1. The zero-order chi connectivity index (χ0) is 19.9. The third kappa shape index (κ3) is 5.03. The fourth-order valence-electron chi connectivity index (χ4n) is 2.73. The second-order valence-corrected chi connectivity index (χ2v) is 6.38. The number of carbonyl (C=O) groups excluding carboxylic acids is 1. The van der Waals surface area contributed by atoms with Crippen LogP contribution in [0.2, 0.25) is 0 Å². The second-order valence-electron chi connectivity index (χ2n) is 6.38. The molecule has 0 aliphatic carbocycles. The maximum atomic E-state index is 11.5. The van der Waals surface area contributed by atoms with Gasteiger partial charge >= 0.3 is 5.97 Å². The van der Waals surface area contributed by atoms with Gasteiger partial charge < -0.3 is 15.0 Å². The fraction of sp³-hybridized carbons (Fsp3) is 0.238. The first-order chi connectivity index (χ1) is 13.5. The third-order valence-corrected chi connectivity index (χ3v) is 4.28. The van der Waals surface area contributed by atoms with E-state index in [-0.39, 0.29) is 5.97 Å². The van der Waals surface area contributed by atoms with Crippen molar-refractivity contribution in [2.75, 3.05) is 30.9 Å². The van der Waals surface area contributed by atoms with Gasteiger partial charge in [0.15, 0.2) is 0 Å². The molecule has 2 heterocycles. The molecule has 0 atom stereocenters. The molecule has 1 N–H and O–H groups in total. The molecule has 2 aromatic heterocycles. The van der Waals surface area contributed by atoms with Gasteiger partial charge in [-0.25, -0.2) is 14.8 Å². The van der Waals surface area contributed by atoms with Crippen molar-refractivity contribution < 1.29 is 9.53 Å². The van der Waals surface area contributed by atoms with Crippen LogP contribution in [-0.4, -0.2) is 41.6 Å². The molecule has 0 saturated carbocycles. The Bertz CT molecular complexity index is 929. The highest BCUT2D eigenvalue weighted by Crippen LogP contribution is 2.20. The fourth-order valence-corrected chi connectivity index (χ4v) is 2.73. The number of methoxy groups -OCH3 is 1. The molecule has 0 radical (unpaired) electrons. The van der Waals surface area contributed by atoms with Crippen LogP contribution in [0.5, 0.6) is 0 Å². The lowest BCUT2D eigenvalue weighted by molar-refractivity contribution is 0.0601. The predicted molar refractivity (Wildman–Crippen MR) is 109 cm³/mol. The smallest absolute Gasteiger partial charge is 0.337 e. The maximum Gasteiger partial charge on any atom is 0.337 e. The van der Waals surface area contributed by atoms with E-state index in [1.54, 1.807) is 24.5 Å². The van der Waals surface area contributed by atoms with E-state index in [0.717, 1.165) is 24.5 Å². The van der Waals surface area contributed by atoms with Crippen molar-refractivity contribution in [3.05, 3.63) is 71.8 Å². The first-order valence-electron chi connectivity index (χ1n) is 8.96. The lowest BCUT2D eigenvalue weighted by Crippen LogP contribution is -2.22. The number of aryl methyl sites for hydroxylation is 1. The van der Waals surface area contributed by atoms with Gasteiger partial charge in [0.1, 0.15) is 17.5 Å². The molecule has 1 aromatic carbocycles. The number of pyridine rings is 1. The van der Waals surface area contributed by atoms with E-state index < -0.39 is 0 Å². The highest BCUT2D eigenvalue weighted by atomic mass is 16.5. The minimum atomic E-state index is -0.359. The number of ether oxygens (including phenoxy) is 1. The van der Waals surface area contributed by atoms with Crippen LogP contribution in [0.3, 0.4) is 0 Å². The van der Waals surface area contributed by atoms with Gasteiger partial charge in [0.25, 0.3) is 0 Å². The standard InChI is InChI=1S/C21H23N5O2/c1-15-23-19(25-18-6-4-17(5-7-18)21(27)28-3)14-20(24-15)26(2)13-10-16-8-11-22-12-9-16/h4-9,11-12,14H,10,13H2,1-3H3,(H,23,24,25). The van der Waals surface area contributed by atoms with Gasteiger partial charge in [0.2, 0.25) is 0 Å². The number of anilines is 3. The zero-order valence-electron chi connectivity index (χ0n) is 16.2. The van der Waals surface area contributed by atoms with Gasteiger partial charge in [0, 0.05) is 37.7 Å². The average molecular weight is 377 g/mol. The van der Waals surface area contributed by atoms with Crippen LogP contribution in [0.25, 0.3) is 0 Å². The Labute approximate surface area is 164 Å². The molecule has 3 rings (SSSR count). The first-order valence-corrected chi connectivity index (χ1v) is 8.96. The summed E-state index contributed by atoms with van der Waals surface area (Å²) in [5.74, 6) is 1.86. The Balaban J connectivity index is 1.69. The number of benzene rings is 1. The van der Waals surface area contributed by atoms with Crippen molar-refractivity contribution in [1.29, 1.82) is 0 Å². The minimum absolute atomic E-state index is 0.359. The summed E-state index contributed by atoms with van der Waals surface area (Å²) in [6.07, 6.45) is 4.51. The first kappa shape index (κ1) is 19.3. The summed E-state index contributed by atoms with van der Waals surface area (Å²) in [6, 6.07) is 13.0. The molecular weight excluding hydrogens is 354 g/mol. The van der Waals surface area contributed by atoms with Crippen LogP contribution in [0.1, 0.15) is 21.7 Å². The van der Waals surface area contributed by atoms with E-state index in [4.69, 9.17) is 4.74 Å². The summed E-state index contributed by atoms with van der Waals surface area (Å²) in [4.78, 5) is 26.7. The third-order valence-electron chi connectivity index (χ3n) is 4.28. The average Bonchev–Trinajstić information content (AvgIpc) is 2.72. The van der Waals surface area contributed by atoms with Crippen molar-refractivity contribution in [1.82, 2.24) is 15.0 Å². The summed E-state index contributed by atoms with van der Waals surface area (Å²) in [6.45, 7) is 2.69. The Morgan fingerprint density at radius 2 is 1.82 bits per heavy atom. The molecule has 28 heavy (non-hydrogen) atoms. The van der Waals surface area contributed by atoms with Crippen molar-refractivity contribution in [3.8, 4) is 0 Å². The van der Waals surface area contributed by atoms with Crippen LogP contribution < -0.4 is 10.2 Å². The van der Waals surface area contributed by atoms with Crippen molar-refractivity contribution in [2.24, 2.45) is 0 Å².